The molecule has 1 saturated heterocycles. The maximum Gasteiger partial charge on any atom is 0.439 e. The number of pyridine rings is 1. The fraction of sp³-hybridized carbons (Fsp3) is 0.316. The molecule has 0 radical (unpaired) electrons. The summed E-state index contributed by atoms with van der Waals surface area (Å²) in [5, 5.41) is 6.99. The smallest absolute Gasteiger partial charge is 0.372 e. The Morgan fingerprint density at radius 1 is 1.27 bits per heavy atom. The molecule has 1 fully saturated rings. The summed E-state index contributed by atoms with van der Waals surface area (Å²) in [6, 6.07) is 9.23. The summed E-state index contributed by atoms with van der Waals surface area (Å²) in [6.07, 6.45) is -0.451. The van der Waals surface area contributed by atoms with Crippen molar-refractivity contribution >= 4 is 24.0 Å². The quantitative estimate of drug-likeness (QED) is 0.624. The molecule has 1 aliphatic rings. The standard InChI is InChI=1S/C19H18ClFN4O4.ClH/c20-13-5-4-11(8-14(13)21)17-12(9-22-6-7-28-17)10-25-15(2-1-3-16(25)26)18-23-19(27)29-24-18;/h1-5,8,12,17,22H,6-7,9-10H2,(H,23,24,27);1H/t12-,17-;/m0./s1. The minimum atomic E-state index is -0.711. The molecule has 2 atom stereocenters. The molecule has 3 heterocycles. The second-order valence-electron chi connectivity index (χ2n) is 6.73. The van der Waals surface area contributed by atoms with Gasteiger partial charge in [-0.15, -0.1) is 12.4 Å². The Morgan fingerprint density at radius 3 is 2.83 bits per heavy atom. The molecule has 160 valence electrons. The first kappa shape index (κ1) is 22.2. The highest BCUT2D eigenvalue weighted by Gasteiger charge is 2.28. The predicted molar refractivity (Wildman–Crippen MR) is 111 cm³/mol. The molecule has 2 aromatic heterocycles. The lowest BCUT2D eigenvalue weighted by Crippen LogP contribution is -2.33. The van der Waals surface area contributed by atoms with Crippen molar-refractivity contribution in [3.05, 3.63) is 73.7 Å². The fourth-order valence-electron chi connectivity index (χ4n) is 3.50. The predicted octanol–water partition coefficient (Wildman–Crippen LogP) is 2.38. The first-order valence-corrected chi connectivity index (χ1v) is 9.44. The van der Waals surface area contributed by atoms with Crippen LogP contribution in [0.4, 0.5) is 4.39 Å². The number of aromatic amines is 1. The van der Waals surface area contributed by atoms with Crippen LogP contribution in [0, 0.1) is 11.7 Å². The highest BCUT2D eigenvalue weighted by Crippen LogP contribution is 2.31. The third kappa shape index (κ3) is 4.65. The molecule has 3 aromatic rings. The van der Waals surface area contributed by atoms with E-state index in [0.29, 0.717) is 31.0 Å². The fourth-order valence-corrected chi connectivity index (χ4v) is 3.61. The maximum atomic E-state index is 14.0. The number of nitrogens with one attached hydrogen (secondary N) is 2. The van der Waals surface area contributed by atoms with Crippen molar-refractivity contribution in [1.29, 1.82) is 0 Å². The first-order chi connectivity index (χ1) is 14.0. The van der Waals surface area contributed by atoms with Crippen LogP contribution in [0.15, 0.2) is 50.5 Å². The van der Waals surface area contributed by atoms with Crippen LogP contribution in [0.2, 0.25) is 5.02 Å². The number of hydrogen-bond acceptors (Lipinski definition) is 6. The molecule has 30 heavy (non-hydrogen) atoms. The van der Waals surface area contributed by atoms with Gasteiger partial charge in [0.1, 0.15) is 5.82 Å². The van der Waals surface area contributed by atoms with Crippen LogP contribution in [0.5, 0.6) is 0 Å². The average molecular weight is 457 g/mol. The Labute approximate surface area is 181 Å². The van der Waals surface area contributed by atoms with Crippen molar-refractivity contribution in [2.75, 3.05) is 19.7 Å². The zero-order valence-corrected chi connectivity index (χ0v) is 17.2. The molecule has 1 aliphatic heterocycles. The van der Waals surface area contributed by atoms with Crippen LogP contribution in [0.3, 0.4) is 0 Å². The molecular weight excluding hydrogens is 438 g/mol. The summed E-state index contributed by atoms with van der Waals surface area (Å²) >= 11 is 5.81. The van der Waals surface area contributed by atoms with E-state index in [1.165, 1.54) is 22.8 Å². The van der Waals surface area contributed by atoms with Gasteiger partial charge >= 0.3 is 5.76 Å². The molecular formula is C19H19Cl2FN4O4. The number of aromatic nitrogens is 3. The zero-order chi connectivity index (χ0) is 20.4. The minimum Gasteiger partial charge on any atom is -0.372 e. The molecule has 0 bridgehead atoms. The van der Waals surface area contributed by atoms with Crippen molar-refractivity contribution in [2.45, 2.75) is 12.6 Å². The SMILES string of the molecule is Cl.O=c1[nH]c(-c2cccc(=O)n2C[C@@H]2CNCCO[C@H]2c2ccc(Cl)c(F)c2)no1. The van der Waals surface area contributed by atoms with Crippen LogP contribution in [-0.2, 0) is 11.3 Å². The minimum absolute atomic E-state index is 0. The molecule has 11 heteroatoms. The van der Waals surface area contributed by atoms with E-state index in [0.717, 1.165) is 0 Å². The third-order valence-corrected chi connectivity index (χ3v) is 5.14. The molecule has 0 aliphatic carbocycles. The normalized spacial score (nSPS) is 19.1. The van der Waals surface area contributed by atoms with Gasteiger partial charge < -0.3 is 14.6 Å². The van der Waals surface area contributed by atoms with Crippen LogP contribution < -0.4 is 16.6 Å². The van der Waals surface area contributed by atoms with Gasteiger partial charge in [0.25, 0.3) is 5.56 Å². The Hall–Kier alpha value is -2.46. The maximum absolute atomic E-state index is 14.0. The number of benzene rings is 1. The lowest BCUT2D eigenvalue weighted by atomic mass is 9.95. The van der Waals surface area contributed by atoms with E-state index < -0.39 is 17.7 Å². The van der Waals surface area contributed by atoms with Gasteiger partial charge in [0.2, 0.25) is 0 Å². The van der Waals surface area contributed by atoms with Crippen molar-refractivity contribution in [1.82, 2.24) is 20.0 Å². The largest absolute Gasteiger partial charge is 0.439 e. The van der Waals surface area contributed by atoms with Crippen molar-refractivity contribution in [2.24, 2.45) is 5.92 Å². The average Bonchev–Trinajstić information content (AvgIpc) is 3.00. The summed E-state index contributed by atoms with van der Waals surface area (Å²) in [5.41, 5.74) is 0.784. The van der Waals surface area contributed by atoms with Gasteiger partial charge in [-0.3, -0.25) is 14.3 Å². The van der Waals surface area contributed by atoms with Gasteiger partial charge in [-0.05, 0) is 23.8 Å². The number of hydrogen-bond donors (Lipinski definition) is 2. The topological polar surface area (TPSA) is 102 Å². The van der Waals surface area contributed by atoms with Crippen LogP contribution >= 0.6 is 24.0 Å². The van der Waals surface area contributed by atoms with E-state index in [9.17, 15) is 14.0 Å². The molecule has 0 unspecified atom stereocenters. The Morgan fingerprint density at radius 2 is 2.10 bits per heavy atom. The number of H-pyrrole nitrogens is 1. The van der Waals surface area contributed by atoms with E-state index in [4.69, 9.17) is 16.3 Å². The number of ether oxygens (including phenoxy) is 1. The summed E-state index contributed by atoms with van der Waals surface area (Å²) < 4.78 is 26.1. The van der Waals surface area contributed by atoms with Crippen molar-refractivity contribution in [3.8, 4) is 11.5 Å². The summed E-state index contributed by atoms with van der Waals surface area (Å²) in [7, 11) is 0. The van der Waals surface area contributed by atoms with Crippen molar-refractivity contribution in [3.63, 3.8) is 0 Å². The molecule has 4 rings (SSSR count). The molecule has 2 N–H and O–H groups in total. The van der Waals surface area contributed by atoms with E-state index >= 15 is 0 Å². The van der Waals surface area contributed by atoms with Gasteiger partial charge in [-0.25, -0.2) is 9.18 Å². The van der Waals surface area contributed by atoms with Crippen molar-refractivity contribution < 1.29 is 13.7 Å². The molecule has 0 saturated carbocycles. The monoisotopic (exact) mass is 456 g/mol. The highest BCUT2D eigenvalue weighted by atomic mass is 35.5. The summed E-state index contributed by atoms with van der Waals surface area (Å²) in [4.78, 5) is 26.4. The van der Waals surface area contributed by atoms with Crippen LogP contribution in [0.1, 0.15) is 11.7 Å². The zero-order valence-electron chi connectivity index (χ0n) is 15.6. The first-order valence-electron chi connectivity index (χ1n) is 9.06. The second-order valence-corrected chi connectivity index (χ2v) is 7.14. The van der Waals surface area contributed by atoms with Gasteiger partial charge in [-0.2, -0.15) is 0 Å². The lowest BCUT2D eigenvalue weighted by molar-refractivity contribution is 0.0250. The van der Waals surface area contributed by atoms with Gasteiger partial charge in [0, 0.05) is 31.6 Å². The number of halogens is 3. The number of nitrogens with zero attached hydrogens (tertiary/aromatic N) is 2. The van der Waals surface area contributed by atoms with Gasteiger partial charge in [-0.1, -0.05) is 28.9 Å². The Bertz CT molecular complexity index is 1130. The number of rotatable bonds is 4. The molecule has 1 aromatic carbocycles. The third-order valence-electron chi connectivity index (χ3n) is 4.83. The van der Waals surface area contributed by atoms with Gasteiger partial charge in [0.15, 0.2) is 5.82 Å². The van der Waals surface area contributed by atoms with E-state index in [1.54, 1.807) is 18.2 Å². The lowest BCUT2D eigenvalue weighted by Gasteiger charge is -2.26. The van der Waals surface area contributed by atoms with Crippen LogP contribution in [-0.4, -0.2) is 34.4 Å². The molecule has 0 amide bonds. The Kier molecular flexibility index (Phi) is 7.09. The summed E-state index contributed by atoms with van der Waals surface area (Å²) in [6.45, 7) is 1.88. The second kappa shape index (κ2) is 9.57. The van der Waals surface area contributed by atoms with E-state index in [-0.39, 0.29) is 41.3 Å². The van der Waals surface area contributed by atoms with Crippen LogP contribution in [0.25, 0.3) is 11.5 Å². The Balaban J connectivity index is 0.00000256. The highest BCUT2D eigenvalue weighted by molar-refractivity contribution is 6.30. The molecule has 0 spiro atoms. The van der Waals surface area contributed by atoms with E-state index in [1.807, 2.05) is 0 Å². The van der Waals surface area contributed by atoms with E-state index in [2.05, 4.69) is 20.0 Å². The molecule has 8 nitrogen and oxygen atoms in total. The van der Waals surface area contributed by atoms with Gasteiger partial charge in [0.05, 0.1) is 23.4 Å². The summed E-state index contributed by atoms with van der Waals surface area (Å²) in [5.74, 6) is -1.28.